The van der Waals surface area contributed by atoms with Crippen molar-refractivity contribution in [3.8, 4) is 0 Å². The van der Waals surface area contributed by atoms with Crippen molar-refractivity contribution >= 4 is 5.69 Å². The Bertz CT molecular complexity index is 606. The van der Waals surface area contributed by atoms with Gasteiger partial charge < -0.3 is 0 Å². The lowest BCUT2D eigenvalue weighted by molar-refractivity contribution is -0.00521. The summed E-state index contributed by atoms with van der Waals surface area (Å²) in [6, 6.07) is 6.77. The molecule has 5 rings (SSSR count). The van der Waals surface area contributed by atoms with Crippen molar-refractivity contribution in [2.75, 3.05) is 0 Å². The van der Waals surface area contributed by atoms with Crippen LogP contribution >= 0.6 is 0 Å². The molecule has 0 saturated heterocycles. The molecule has 4 saturated carbocycles. The first-order valence-corrected chi connectivity index (χ1v) is 8.91. The van der Waals surface area contributed by atoms with Gasteiger partial charge in [-0.15, -0.1) is 0 Å². The number of benzene rings is 1. The fourth-order valence-corrected chi connectivity index (χ4v) is 5.88. The summed E-state index contributed by atoms with van der Waals surface area (Å²) in [5, 5.41) is 0. The molecule has 0 aromatic heterocycles. The topological polar surface area (TPSA) is 4.36 Å². The van der Waals surface area contributed by atoms with Gasteiger partial charge in [0.05, 0.1) is 6.57 Å². The van der Waals surface area contributed by atoms with E-state index in [9.17, 15) is 0 Å². The zero-order chi connectivity index (χ0) is 15.5. The van der Waals surface area contributed by atoms with Gasteiger partial charge in [-0.05, 0) is 67.1 Å². The maximum Gasteiger partial charge on any atom is 0.187 e. The van der Waals surface area contributed by atoms with Gasteiger partial charge in [-0.25, -0.2) is 4.85 Å². The fourth-order valence-electron chi connectivity index (χ4n) is 5.88. The molecule has 1 nitrogen and oxygen atoms in total. The third-order valence-electron chi connectivity index (χ3n) is 6.56. The molecule has 0 atom stereocenters. The second-order valence-corrected chi connectivity index (χ2v) is 9.33. The molecule has 0 N–H and O–H groups in total. The standard InChI is InChI=1S/C21H27N/c1-20(2,3)17-8-18(10-19(9-17)22-4)21-11-14-5-15(12-21)7-16(6-14)13-21/h8-10,14-16H,5-7,11-13H2,1-3H3. The Labute approximate surface area is 134 Å². The van der Waals surface area contributed by atoms with E-state index < -0.39 is 0 Å². The van der Waals surface area contributed by atoms with Gasteiger partial charge in [0.15, 0.2) is 5.69 Å². The highest BCUT2D eigenvalue weighted by Gasteiger charge is 2.51. The van der Waals surface area contributed by atoms with E-state index in [2.05, 4.69) is 43.8 Å². The number of hydrogen-bond donors (Lipinski definition) is 0. The van der Waals surface area contributed by atoms with E-state index in [1.165, 1.54) is 49.7 Å². The van der Waals surface area contributed by atoms with Crippen LogP contribution in [0.25, 0.3) is 4.85 Å². The van der Waals surface area contributed by atoms with Crippen molar-refractivity contribution in [2.24, 2.45) is 17.8 Å². The van der Waals surface area contributed by atoms with Crippen LogP contribution in [0.5, 0.6) is 0 Å². The van der Waals surface area contributed by atoms with Crippen molar-refractivity contribution in [1.82, 2.24) is 0 Å². The Kier molecular flexibility index (Phi) is 3.00. The van der Waals surface area contributed by atoms with E-state index in [1.807, 2.05) is 0 Å². The molecule has 0 aliphatic heterocycles. The Morgan fingerprint density at radius 1 is 0.955 bits per heavy atom. The van der Waals surface area contributed by atoms with Crippen molar-refractivity contribution in [1.29, 1.82) is 0 Å². The third kappa shape index (κ3) is 2.19. The molecule has 4 aliphatic rings. The van der Waals surface area contributed by atoms with Crippen molar-refractivity contribution in [2.45, 2.75) is 70.1 Å². The zero-order valence-electron chi connectivity index (χ0n) is 14.2. The minimum Gasteiger partial charge on any atom is -0.238 e. The molecule has 1 aromatic carbocycles. The van der Waals surface area contributed by atoms with Gasteiger partial charge in [0.1, 0.15) is 0 Å². The average Bonchev–Trinajstić information content (AvgIpc) is 2.44. The van der Waals surface area contributed by atoms with Crippen LogP contribution in [0, 0.1) is 24.3 Å². The van der Waals surface area contributed by atoms with Crippen LogP contribution in [0.1, 0.15) is 70.4 Å². The van der Waals surface area contributed by atoms with Crippen LogP contribution in [0.3, 0.4) is 0 Å². The summed E-state index contributed by atoms with van der Waals surface area (Å²) < 4.78 is 0. The molecule has 0 spiro atoms. The minimum absolute atomic E-state index is 0.123. The van der Waals surface area contributed by atoms with Crippen LogP contribution in [0.4, 0.5) is 5.69 Å². The predicted octanol–water partition coefficient (Wildman–Crippen LogP) is 6.00. The first-order chi connectivity index (χ1) is 10.4. The first-order valence-electron chi connectivity index (χ1n) is 8.91. The molecular weight excluding hydrogens is 266 g/mol. The summed E-state index contributed by atoms with van der Waals surface area (Å²) in [5.74, 6) is 2.88. The van der Waals surface area contributed by atoms with E-state index in [4.69, 9.17) is 6.57 Å². The highest BCUT2D eigenvalue weighted by molar-refractivity contribution is 5.53. The Morgan fingerprint density at radius 3 is 1.95 bits per heavy atom. The summed E-state index contributed by atoms with van der Waals surface area (Å²) in [5.41, 5.74) is 4.20. The molecule has 1 aromatic rings. The van der Waals surface area contributed by atoms with Gasteiger partial charge in [-0.2, -0.15) is 0 Å². The molecule has 0 heterocycles. The quantitative estimate of drug-likeness (QED) is 0.559. The van der Waals surface area contributed by atoms with E-state index in [1.54, 1.807) is 0 Å². The highest BCUT2D eigenvalue weighted by atomic mass is 14.6. The SMILES string of the molecule is [C-]#[N+]c1cc(C(C)(C)C)cc(C23CC4CC(CC(C4)C2)C3)c1. The summed E-state index contributed by atoms with van der Waals surface area (Å²) in [7, 11) is 0. The molecule has 4 fully saturated rings. The first kappa shape index (κ1) is 14.3. The maximum absolute atomic E-state index is 7.50. The molecule has 0 radical (unpaired) electrons. The predicted molar refractivity (Wildman–Crippen MR) is 91.3 cm³/mol. The summed E-state index contributed by atoms with van der Waals surface area (Å²) >= 11 is 0. The van der Waals surface area contributed by atoms with Gasteiger partial charge in [0.2, 0.25) is 0 Å². The van der Waals surface area contributed by atoms with Gasteiger partial charge >= 0.3 is 0 Å². The number of nitrogens with zero attached hydrogens (tertiary/aromatic N) is 1. The largest absolute Gasteiger partial charge is 0.238 e. The lowest BCUT2D eigenvalue weighted by Crippen LogP contribution is -2.48. The molecule has 116 valence electrons. The van der Waals surface area contributed by atoms with E-state index in [0.717, 1.165) is 23.4 Å². The number of rotatable bonds is 1. The van der Waals surface area contributed by atoms with Crippen LogP contribution < -0.4 is 0 Å². The molecule has 4 aliphatic carbocycles. The fraction of sp³-hybridized carbons (Fsp3) is 0.667. The molecule has 0 amide bonds. The summed E-state index contributed by atoms with van der Waals surface area (Å²) in [6.45, 7) is 14.3. The van der Waals surface area contributed by atoms with Crippen LogP contribution in [0.2, 0.25) is 0 Å². The second-order valence-electron chi connectivity index (χ2n) is 9.33. The Hall–Kier alpha value is -1.29. The lowest BCUT2D eigenvalue weighted by Gasteiger charge is -2.57. The minimum atomic E-state index is 0.123. The summed E-state index contributed by atoms with van der Waals surface area (Å²) in [6.07, 6.45) is 8.58. The number of hydrogen-bond acceptors (Lipinski definition) is 0. The molecule has 1 heteroatoms. The molecule has 4 bridgehead atoms. The Morgan fingerprint density at radius 2 is 1.50 bits per heavy atom. The van der Waals surface area contributed by atoms with Crippen molar-refractivity contribution in [3.63, 3.8) is 0 Å². The zero-order valence-corrected chi connectivity index (χ0v) is 14.2. The van der Waals surface area contributed by atoms with Gasteiger partial charge in [0.25, 0.3) is 0 Å². The van der Waals surface area contributed by atoms with Crippen LogP contribution in [-0.2, 0) is 10.8 Å². The lowest BCUT2D eigenvalue weighted by atomic mass is 9.48. The summed E-state index contributed by atoms with van der Waals surface area (Å²) in [4.78, 5) is 3.78. The molecule has 22 heavy (non-hydrogen) atoms. The van der Waals surface area contributed by atoms with Gasteiger partial charge in [0, 0.05) is 0 Å². The van der Waals surface area contributed by atoms with Crippen LogP contribution in [0.15, 0.2) is 18.2 Å². The Balaban J connectivity index is 1.81. The van der Waals surface area contributed by atoms with Gasteiger partial charge in [-0.3, -0.25) is 0 Å². The monoisotopic (exact) mass is 293 g/mol. The van der Waals surface area contributed by atoms with E-state index in [-0.39, 0.29) is 5.41 Å². The maximum atomic E-state index is 7.50. The van der Waals surface area contributed by atoms with E-state index in [0.29, 0.717) is 5.41 Å². The molecule has 0 unspecified atom stereocenters. The smallest absolute Gasteiger partial charge is 0.187 e. The van der Waals surface area contributed by atoms with Crippen molar-refractivity contribution in [3.05, 3.63) is 40.7 Å². The average molecular weight is 293 g/mol. The molecular formula is C21H27N. The van der Waals surface area contributed by atoms with Crippen LogP contribution in [-0.4, -0.2) is 0 Å². The van der Waals surface area contributed by atoms with Gasteiger partial charge in [-0.1, -0.05) is 50.1 Å². The second kappa shape index (κ2) is 4.60. The normalized spacial score (nSPS) is 36.4. The van der Waals surface area contributed by atoms with E-state index >= 15 is 0 Å². The van der Waals surface area contributed by atoms with Crippen molar-refractivity contribution < 1.29 is 0 Å². The highest BCUT2D eigenvalue weighted by Crippen LogP contribution is 2.61. The third-order valence-corrected chi connectivity index (χ3v) is 6.56.